The molecule has 0 aliphatic carbocycles. The highest BCUT2D eigenvalue weighted by Crippen LogP contribution is 2.31. The molecule has 0 radical (unpaired) electrons. The number of ether oxygens (including phenoxy) is 5. The Hall–Kier alpha value is -1.55. The highest BCUT2D eigenvalue weighted by molar-refractivity contribution is 5.89. The predicted molar refractivity (Wildman–Crippen MR) is 158 cm³/mol. The van der Waals surface area contributed by atoms with Crippen LogP contribution in [-0.4, -0.2) is 124 Å². The molecule has 2 aliphatic heterocycles. The zero-order chi connectivity index (χ0) is 32.3. The molecule has 1 unspecified atom stereocenters. The maximum Gasteiger partial charge on any atom is 0.378 e. The molecule has 13 nitrogen and oxygen atoms in total. The van der Waals surface area contributed by atoms with Gasteiger partial charge in [0.25, 0.3) is 0 Å². The van der Waals surface area contributed by atoms with Crippen molar-refractivity contribution < 1.29 is 64.2 Å². The molecule has 0 bridgehead atoms. The van der Waals surface area contributed by atoms with Crippen molar-refractivity contribution in [1.82, 2.24) is 0 Å². The molecule has 7 N–H and O–H groups in total. The number of cyclic esters (lactones) is 1. The van der Waals surface area contributed by atoms with E-state index in [4.69, 9.17) is 23.7 Å². The van der Waals surface area contributed by atoms with Gasteiger partial charge in [-0.3, -0.25) is 0 Å². The van der Waals surface area contributed by atoms with E-state index in [1.165, 1.54) is 70.6 Å². The van der Waals surface area contributed by atoms with Crippen LogP contribution in [0, 0.1) is 0 Å². The highest BCUT2D eigenvalue weighted by atomic mass is 16.7. The average molecular weight is 637 g/mol. The molecule has 1 saturated heterocycles. The summed E-state index contributed by atoms with van der Waals surface area (Å²) in [6.07, 6.45) is 5.14. The van der Waals surface area contributed by atoms with Crippen molar-refractivity contribution in [1.29, 1.82) is 0 Å². The van der Waals surface area contributed by atoms with Crippen LogP contribution < -0.4 is 0 Å². The molecular weight excluding hydrogens is 580 g/mol. The van der Waals surface area contributed by atoms with Crippen LogP contribution in [0.15, 0.2) is 11.5 Å². The molecule has 0 aromatic heterocycles. The third-order valence-electron chi connectivity index (χ3n) is 7.90. The number of rotatable bonds is 25. The van der Waals surface area contributed by atoms with Gasteiger partial charge in [-0.2, -0.15) is 0 Å². The zero-order valence-electron chi connectivity index (χ0n) is 26.1. The summed E-state index contributed by atoms with van der Waals surface area (Å²) in [6, 6.07) is 0. The highest BCUT2D eigenvalue weighted by Gasteiger charge is 2.48. The lowest BCUT2D eigenvalue weighted by Crippen LogP contribution is -2.59. The van der Waals surface area contributed by atoms with Crippen molar-refractivity contribution >= 4 is 5.97 Å². The molecule has 0 spiro atoms. The maximum atomic E-state index is 12.5. The number of aliphatic hydroxyl groups excluding tert-OH is 7. The number of esters is 1. The fraction of sp³-hybridized carbons (Fsp3) is 0.903. The smallest absolute Gasteiger partial charge is 0.378 e. The molecule has 13 heteroatoms. The van der Waals surface area contributed by atoms with E-state index in [0.717, 1.165) is 19.3 Å². The summed E-state index contributed by atoms with van der Waals surface area (Å²) in [5.74, 6) is -2.10. The van der Waals surface area contributed by atoms with Gasteiger partial charge >= 0.3 is 5.97 Å². The Kier molecular flexibility index (Phi) is 19.4. The third-order valence-corrected chi connectivity index (χ3v) is 7.90. The second-order valence-corrected chi connectivity index (χ2v) is 11.7. The quantitative estimate of drug-likeness (QED) is 0.0556. The standard InChI is InChI=1S/C31H56O13/c1-2-3-4-5-6-7-8-9-10-11-12-13-14-15-16-40-19-21(34)20-41-28-27(22(35)17-32)43-30(39)29(28)44-31-26(38)25(37)24(36)23(18-33)42-31/h21-27,31-38H,2-20H2,1H3/t21?,22-,23+,24+,25-,26+,27-,31-/m1/s1. The summed E-state index contributed by atoms with van der Waals surface area (Å²) < 4.78 is 26.8. The van der Waals surface area contributed by atoms with Crippen LogP contribution in [0.25, 0.3) is 0 Å². The minimum Gasteiger partial charge on any atom is -0.487 e. The van der Waals surface area contributed by atoms with Gasteiger partial charge in [-0.05, 0) is 6.42 Å². The Bertz CT molecular complexity index is 807. The normalized spacial score (nSPS) is 27.0. The molecular formula is C31H56O13. The second kappa shape index (κ2) is 22.1. The van der Waals surface area contributed by atoms with E-state index in [1.807, 2.05) is 0 Å². The Labute approximate surface area is 260 Å². The largest absolute Gasteiger partial charge is 0.487 e. The van der Waals surface area contributed by atoms with Gasteiger partial charge in [-0.15, -0.1) is 0 Å². The topological polar surface area (TPSA) is 205 Å². The first-order chi connectivity index (χ1) is 21.2. The molecule has 2 heterocycles. The Balaban J connectivity index is 1.69. The molecule has 258 valence electrons. The van der Waals surface area contributed by atoms with Crippen LogP contribution >= 0.6 is 0 Å². The Morgan fingerprint density at radius 2 is 1.34 bits per heavy atom. The minimum atomic E-state index is -1.81. The van der Waals surface area contributed by atoms with E-state index in [2.05, 4.69) is 6.92 Å². The van der Waals surface area contributed by atoms with Gasteiger partial charge < -0.3 is 59.4 Å². The molecule has 2 aliphatic rings. The van der Waals surface area contributed by atoms with Gasteiger partial charge in [0.1, 0.15) is 43.2 Å². The summed E-state index contributed by atoms with van der Waals surface area (Å²) >= 11 is 0. The third kappa shape index (κ3) is 13.1. The van der Waals surface area contributed by atoms with E-state index in [-0.39, 0.29) is 19.0 Å². The summed E-state index contributed by atoms with van der Waals surface area (Å²) in [4.78, 5) is 12.5. The first kappa shape index (κ1) is 38.6. The SMILES string of the molecule is CCCCCCCCCCCCCCCCOCC(O)COC1=C(O[C@H]2O[C@@H](CO)[C@H](O)[C@@H](O)[C@@H]2O)C(=O)O[C@@H]1[C@H](O)CO. The van der Waals surface area contributed by atoms with Gasteiger partial charge in [-0.1, -0.05) is 90.4 Å². The number of hydrogen-bond donors (Lipinski definition) is 7. The van der Waals surface area contributed by atoms with Crippen molar-refractivity contribution in [2.45, 2.75) is 146 Å². The van der Waals surface area contributed by atoms with Crippen LogP contribution in [0.2, 0.25) is 0 Å². The lowest BCUT2D eigenvalue weighted by Gasteiger charge is -2.39. The van der Waals surface area contributed by atoms with Gasteiger partial charge in [0, 0.05) is 6.61 Å². The predicted octanol–water partition coefficient (Wildman–Crippen LogP) is 1.17. The first-order valence-corrected chi connectivity index (χ1v) is 16.3. The van der Waals surface area contributed by atoms with Crippen molar-refractivity contribution in [2.24, 2.45) is 0 Å². The average Bonchev–Trinajstić information content (AvgIpc) is 3.33. The van der Waals surface area contributed by atoms with Crippen molar-refractivity contribution in [2.75, 3.05) is 33.0 Å². The fourth-order valence-corrected chi connectivity index (χ4v) is 5.19. The second-order valence-electron chi connectivity index (χ2n) is 11.7. The molecule has 8 atom stereocenters. The van der Waals surface area contributed by atoms with Crippen LogP contribution in [0.3, 0.4) is 0 Å². The number of carbonyl (C=O) groups excluding carboxylic acids is 1. The number of carbonyl (C=O) groups is 1. The van der Waals surface area contributed by atoms with Crippen LogP contribution in [0.1, 0.15) is 96.8 Å². The number of unbranched alkanes of at least 4 members (excludes halogenated alkanes) is 13. The summed E-state index contributed by atoms with van der Waals surface area (Å²) in [5, 5.41) is 69.5. The van der Waals surface area contributed by atoms with Crippen molar-refractivity contribution in [3.63, 3.8) is 0 Å². The zero-order valence-corrected chi connectivity index (χ0v) is 26.1. The Morgan fingerprint density at radius 3 is 1.89 bits per heavy atom. The van der Waals surface area contributed by atoms with E-state index >= 15 is 0 Å². The van der Waals surface area contributed by atoms with Gasteiger partial charge in [0.05, 0.1) is 19.8 Å². The molecule has 2 rings (SSSR count). The minimum absolute atomic E-state index is 0.0450. The van der Waals surface area contributed by atoms with E-state index in [1.54, 1.807) is 0 Å². The van der Waals surface area contributed by atoms with Crippen molar-refractivity contribution in [3.05, 3.63) is 11.5 Å². The molecule has 0 saturated carbocycles. The molecule has 0 aromatic carbocycles. The monoisotopic (exact) mass is 636 g/mol. The van der Waals surface area contributed by atoms with Crippen LogP contribution in [-0.2, 0) is 28.5 Å². The lowest BCUT2D eigenvalue weighted by molar-refractivity contribution is -0.291. The van der Waals surface area contributed by atoms with E-state index in [0.29, 0.717) is 6.61 Å². The molecule has 44 heavy (non-hydrogen) atoms. The summed E-state index contributed by atoms with van der Waals surface area (Å²) in [7, 11) is 0. The lowest BCUT2D eigenvalue weighted by atomic mass is 9.99. The Morgan fingerprint density at radius 1 is 0.773 bits per heavy atom. The summed E-state index contributed by atoms with van der Waals surface area (Å²) in [5.41, 5.74) is 0. The molecule has 0 amide bonds. The van der Waals surface area contributed by atoms with Gasteiger partial charge in [-0.25, -0.2) is 4.79 Å². The van der Waals surface area contributed by atoms with Crippen LogP contribution in [0.4, 0.5) is 0 Å². The number of aliphatic hydroxyl groups is 7. The van der Waals surface area contributed by atoms with Gasteiger partial charge in [0.2, 0.25) is 12.0 Å². The fourth-order valence-electron chi connectivity index (χ4n) is 5.19. The van der Waals surface area contributed by atoms with E-state index < -0.39 is 74.0 Å². The van der Waals surface area contributed by atoms with Crippen molar-refractivity contribution in [3.8, 4) is 0 Å². The number of hydrogen-bond acceptors (Lipinski definition) is 13. The van der Waals surface area contributed by atoms with Gasteiger partial charge in [0.15, 0.2) is 11.9 Å². The van der Waals surface area contributed by atoms with E-state index in [9.17, 15) is 40.5 Å². The maximum absolute atomic E-state index is 12.5. The van der Waals surface area contributed by atoms with Crippen LogP contribution in [0.5, 0.6) is 0 Å². The summed E-state index contributed by atoms with van der Waals surface area (Å²) in [6.45, 7) is 0.789. The first-order valence-electron chi connectivity index (χ1n) is 16.3. The molecule has 1 fully saturated rings. The molecule has 0 aromatic rings.